The zero-order valence-electron chi connectivity index (χ0n) is 11.3. The third kappa shape index (κ3) is 5.77. The SMILES string of the molecule is CC(C)(CN)CNC(=O)CCCc1ccncc1. The fraction of sp³-hybridized carbons (Fsp3) is 0.571. The van der Waals surface area contributed by atoms with Crippen molar-refractivity contribution in [2.75, 3.05) is 13.1 Å². The van der Waals surface area contributed by atoms with E-state index in [2.05, 4.69) is 10.3 Å². The first-order valence-corrected chi connectivity index (χ1v) is 6.39. The van der Waals surface area contributed by atoms with Gasteiger partial charge in [0.1, 0.15) is 0 Å². The van der Waals surface area contributed by atoms with Crippen LogP contribution in [-0.2, 0) is 11.2 Å². The van der Waals surface area contributed by atoms with E-state index in [1.165, 1.54) is 5.56 Å². The Labute approximate surface area is 109 Å². The third-order valence-electron chi connectivity index (χ3n) is 2.94. The Hall–Kier alpha value is -1.42. The summed E-state index contributed by atoms with van der Waals surface area (Å²) in [7, 11) is 0. The van der Waals surface area contributed by atoms with Crippen molar-refractivity contribution in [1.82, 2.24) is 10.3 Å². The highest BCUT2D eigenvalue weighted by Gasteiger charge is 2.16. The fourth-order valence-electron chi connectivity index (χ4n) is 1.50. The van der Waals surface area contributed by atoms with Crippen LogP contribution in [0.3, 0.4) is 0 Å². The van der Waals surface area contributed by atoms with Crippen LogP contribution in [0.15, 0.2) is 24.5 Å². The molecule has 0 aliphatic heterocycles. The highest BCUT2D eigenvalue weighted by molar-refractivity contribution is 5.75. The Bertz CT molecular complexity index is 363. The average Bonchev–Trinajstić information content (AvgIpc) is 2.38. The monoisotopic (exact) mass is 249 g/mol. The Morgan fingerprint density at radius 2 is 2.06 bits per heavy atom. The van der Waals surface area contributed by atoms with Gasteiger partial charge < -0.3 is 11.1 Å². The predicted octanol–water partition coefficient (Wildman–Crippen LogP) is 1.51. The Morgan fingerprint density at radius 1 is 1.39 bits per heavy atom. The molecule has 1 heterocycles. The third-order valence-corrected chi connectivity index (χ3v) is 2.94. The second kappa shape index (κ2) is 7.11. The fourth-order valence-corrected chi connectivity index (χ4v) is 1.50. The van der Waals surface area contributed by atoms with E-state index < -0.39 is 0 Å². The van der Waals surface area contributed by atoms with Gasteiger partial charge in [-0.25, -0.2) is 0 Å². The Morgan fingerprint density at radius 3 is 2.67 bits per heavy atom. The maximum Gasteiger partial charge on any atom is 0.220 e. The van der Waals surface area contributed by atoms with Gasteiger partial charge in [0.2, 0.25) is 5.91 Å². The first-order chi connectivity index (χ1) is 8.53. The topological polar surface area (TPSA) is 68.0 Å². The molecule has 3 N–H and O–H groups in total. The van der Waals surface area contributed by atoms with Crippen LogP contribution in [0.25, 0.3) is 0 Å². The van der Waals surface area contributed by atoms with Crippen LogP contribution in [0, 0.1) is 5.41 Å². The number of pyridine rings is 1. The molecule has 0 saturated heterocycles. The van der Waals surface area contributed by atoms with Crippen LogP contribution >= 0.6 is 0 Å². The van der Waals surface area contributed by atoms with Crippen molar-refractivity contribution in [3.8, 4) is 0 Å². The van der Waals surface area contributed by atoms with Crippen LogP contribution in [0.5, 0.6) is 0 Å². The van der Waals surface area contributed by atoms with Gasteiger partial charge in [-0.05, 0) is 42.5 Å². The Balaban J connectivity index is 2.18. The molecule has 4 nitrogen and oxygen atoms in total. The minimum Gasteiger partial charge on any atom is -0.356 e. The van der Waals surface area contributed by atoms with Gasteiger partial charge in [0.25, 0.3) is 0 Å². The molecule has 0 atom stereocenters. The maximum atomic E-state index is 11.6. The van der Waals surface area contributed by atoms with Crippen LogP contribution in [0.1, 0.15) is 32.3 Å². The molecule has 0 aromatic carbocycles. The van der Waals surface area contributed by atoms with E-state index in [1.54, 1.807) is 12.4 Å². The Kier molecular flexibility index (Phi) is 5.78. The van der Waals surface area contributed by atoms with Gasteiger partial charge >= 0.3 is 0 Å². The zero-order chi connectivity index (χ0) is 13.4. The van der Waals surface area contributed by atoms with E-state index in [0.29, 0.717) is 19.5 Å². The first kappa shape index (κ1) is 14.6. The van der Waals surface area contributed by atoms with Crippen molar-refractivity contribution in [3.05, 3.63) is 30.1 Å². The molecule has 100 valence electrons. The molecule has 0 aliphatic carbocycles. The highest BCUT2D eigenvalue weighted by Crippen LogP contribution is 2.10. The molecule has 0 aliphatic rings. The molecule has 1 amide bonds. The molecule has 0 unspecified atom stereocenters. The van der Waals surface area contributed by atoms with Crippen molar-refractivity contribution >= 4 is 5.91 Å². The van der Waals surface area contributed by atoms with Crippen molar-refractivity contribution in [3.63, 3.8) is 0 Å². The molecule has 1 aromatic rings. The summed E-state index contributed by atoms with van der Waals surface area (Å²) in [5.74, 6) is 0.102. The van der Waals surface area contributed by atoms with Crippen LogP contribution in [0.4, 0.5) is 0 Å². The molecule has 18 heavy (non-hydrogen) atoms. The number of nitrogens with one attached hydrogen (secondary N) is 1. The maximum absolute atomic E-state index is 11.6. The molecule has 0 spiro atoms. The van der Waals surface area contributed by atoms with Crippen LogP contribution < -0.4 is 11.1 Å². The summed E-state index contributed by atoms with van der Waals surface area (Å²) in [4.78, 5) is 15.6. The lowest BCUT2D eigenvalue weighted by atomic mass is 9.94. The summed E-state index contributed by atoms with van der Waals surface area (Å²) >= 11 is 0. The van der Waals surface area contributed by atoms with Gasteiger partial charge in [0, 0.05) is 25.4 Å². The molecule has 0 bridgehead atoms. The minimum atomic E-state index is -0.0270. The van der Waals surface area contributed by atoms with Crippen molar-refractivity contribution in [1.29, 1.82) is 0 Å². The predicted molar refractivity (Wildman–Crippen MR) is 73.0 cm³/mol. The second-order valence-electron chi connectivity index (χ2n) is 5.35. The van der Waals surface area contributed by atoms with Crippen LogP contribution in [-0.4, -0.2) is 24.0 Å². The lowest BCUT2D eigenvalue weighted by Crippen LogP contribution is -2.38. The standard InChI is InChI=1S/C14H23N3O/c1-14(2,10-15)11-17-13(18)5-3-4-12-6-8-16-9-7-12/h6-9H,3-5,10-11,15H2,1-2H3,(H,17,18). The smallest absolute Gasteiger partial charge is 0.220 e. The summed E-state index contributed by atoms with van der Waals surface area (Å²) < 4.78 is 0. The second-order valence-corrected chi connectivity index (χ2v) is 5.35. The number of rotatable bonds is 7. The lowest BCUT2D eigenvalue weighted by Gasteiger charge is -2.22. The summed E-state index contributed by atoms with van der Waals surface area (Å²) in [6.45, 7) is 5.30. The number of hydrogen-bond acceptors (Lipinski definition) is 3. The van der Waals surface area contributed by atoms with Gasteiger partial charge in [-0.2, -0.15) is 0 Å². The number of hydrogen-bond donors (Lipinski definition) is 2. The molecule has 0 fully saturated rings. The molecule has 1 aromatic heterocycles. The van der Waals surface area contributed by atoms with Gasteiger partial charge in [-0.3, -0.25) is 9.78 Å². The molecular formula is C14H23N3O. The van der Waals surface area contributed by atoms with E-state index in [4.69, 9.17) is 5.73 Å². The lowest BCUT2D eigenvalue weighted by molar-refractivity contribution is -0.121. The van der Waals surface area contributed by atoms with Crippen molar-refractivity contribution < 1.29 is 4.79 Å². The number of nitrogens with two attached hydrogens (primary N) is 1. The van der Waals surface area contributed by atoms with E-state index in [-0.39, 0.29) is 11.3 Å². The molecule has 0 radical (unpaired) electrons. The number of aryl methyl sites for hydroxylation is 1. The molecule has 4 heteroatoms. The number of carbonyl (C=O) groups is 1. The highest BCUT2D eigenvalue weighted by atomic mass is 16.1. The van der Waals surface area contributed by atoms with Gasteiger partial charge in [0.05, 0.1) is 0 Å². The first-order valence-electron chi connectivity index (χ1n) is 6.39. The van der Waals surface area contributed by atoms with Crippen molar-refractivity contribution in [2.45, 2.75) is 33.1 Å². The molecule has 0 saturated carbocycles. The molecule has 1 rings (SSSR count). The van der Waals surface area contributed by atoms with Gasteiger partial charge in [0.15, 0.2) is 0 Å². The largest absolute Gasteiger partial charge is 0.356 e. The van der Waals surface area contributed by atoms with Gasteiger partial charge in [-0.15, -0.1) is 0 Å². The van der Waals surface area contributed by atoms with Crippen LogP contribution in [0.2, 0.25) is 0 Å². The van der Waals surface area contributed by atoms with Crippen molar-refractivity contribution in [2.24, 2.45) is 11.1 Å². The van der Waals surface area contributed by atoms with E-state index in [9.17, 15) is 4.79 Å². The van der Waals surface area contributed by atoms with E-state index in [0.717, 1.165) is 12.8 Å². The quantitative estimate of drug-likeness (QED) is 0.769. The summed E-state index contributed by atoms with van der Waals surface area (Å²) in [6.07, 6.45) is 5.89. The zero-order valence-corrected chi connectivity index (χ0v) is 11.3. The van der Waals surface area contributed by atoms with E-state index >= 15 is 0 Å². The minimum absolute atomic E-state index is 0.0270. The number of nitrogens with zero attached hydrogens (tertiary/aromatic N) is 1. The van der Waals surface area contributed by atoms with E-state index in [1.807, 2.05) is 26.0 Å². The average molecular weight is 249 g/mol. The number of carbonyl (C=O) groups excluding carboxylic acids is 1. The number of aromatic nitrogens is 1. The summed E-state index contributed by atoms with van der Waals surface area (Å²) in [5.41, 5.74) is 6.81. The molecular weight excluding hydrogens is 226 g/mol. The summed E-state index contributed by atoms with van der Waals surface area (Å²) in [5, 5.41) is 2.93. The number of amides is 1. The van der Waals surface area contributed by atoms with Gasteiger partial charge in [-0.1, -0.05) is 13.8 Å². The normalized spacial score (nSPS) is 11.3. The summed E-state index contributed by atoms with van der Waals surface area (Å²) in [6, 6.07) is 3.96.